The highest BCUT2D eigenvalue weighted by Gasteiger charge is 2.12. The second-order valence-corrected chi connectivity index (χ2v) is 6.35. The third-order valence-corrected chi connectivity index (χ3v) is 4.47. The molecule has 1 fully saturated rings. The van der Waals surface area contributed by atoms with Crippen LogP contribution in [0.5, 0.6) is 0 Å². The number of pyridine rings is 1. The molecule has 0 bridgehead atoms. The van der Waals surface area contributed by atoms with Crippen molar-refractivity contribution in [1.82, 2.24) is 4.98 Å². The molecule has 0 unspecified atom stereocenters. The van der Waals surface area contributed by atoms with Crippen LogP contribution in [0.3, 0.4) is 0 Å². The highest BCUT2D eigenvalue weighted by atomic mass is 35.5. The molecule has 5 nitrogen and oxygen atoms in total. The van der Waals surface area contributed by atoms with Gasteiger partial charge in [-0.2, -0.15) is 0 Å². The van der Waals surface area contributed by atoms with E-state index >= 15 is 0 Å². The summed E-state index contributed by atoms with van der Waals surface area (Å²) in [6.07, 6.45) is 5.38. The van der Waals surface area contributed by atoms with Gasteiger partial charge >= 0.3 is 0 Å². The fourth-order valence-corrected chi connectivity index (χ4v) is 2.93. The number of rotatable bonds is 5. The topological polar surface area (TPSA) is 63.7 Å². The largest absolute Gasteiger partial charge is 0.389 e. The Morgan fingerprint density at radius 3 is 2.72 bits per heavy atom. The number of aromatic nitrogens is 1. The normalized spacial score (nSPS) is 15.3. The molecule has 0 atom stereocenters. The first-order valence-electron chi connectivity index (χ1n) is 8.24. The molecule has 3 rings (SSSR count). The molecule has 2 N–H and O–H groups in total. The molecule has 7 heteroatoms. The zero-order valence-electron chi connectivity index (χ0n) is 13.8. The van der Waals surface area contributed by atoms with Crippen molar-refractivity contribution in [2.24, 2.45) is 10.9 Å². The van der Waals surface area contributed by atoms with E-state index < -0.39 is 5.82 Å². The molecule has 0 radical (unpaired) electrons. The van der Waals surface area contributed by atoms with E-state index in [0.717, 1.165) is 18.9 Å². The van der Waals surface area contributed by atoms with Gasteiger partial charge < -0.3 is 15.5 Å². The molecule has 1 aliphatic rings. The van der Waals surface area contributed by atoms with Gasteiger partial charge in [0.05, 0.1) is 5.02 Å². The quantitative estimate of drug-likeness (QED) is 0.500. The fourth-order valence-electron chi connectivity index (χ4n) is 2.71. The van der Waals surface area contributed by atoms with E-state index in [1.165, 1.54) is 31.4 Å². The van der Waals surface area contributed by atoms with E-state index in [-0.39, 0.29) is 12.4 Å². The Bertz CT molecular complexity index is 745. The minimum atomic E-state index is -0.392. The maximum Gasteiger partial charge on any atom is 0.171 e. The fraction of sp³-hybridized carbons (Fsp3) is 0.333. The third-order valence-electron chi connectivity index (χ3n) is 4.12. The third kappa shape index (κ3) is 4.60. The van der Waals surface area contributed by atoms with Crippen molar-refractivity contribution >= 4 is 23.3 Å². The predicted octanol–water partition coefficient (Wildman–Crippen LogP) is 3.70. The Morgan fingerprint density at radius 1 is 1.24 bits per heavy atom. The van der Waals surface area contributed by atoms with E-state index in [9.17, 15) is 4.39 Å². The molecule has 1 saturated heterocycles. The summed E-state index contributed by atoms with van der Waals surface area (Å²) in [5.41, 5.74) is 7.25. The summed E-state index contributed by atoms with van der Waals surface area (Å²) in [6.45, 7) is 2.19. The molecule has 25 heavy (non-hydrogen) atoms. The molecular formula is C18H20ClFN4O. The van der Waals surface area contributed by atoms with Crippen molar-refractivity contribution in [3.63, 3.8) is 0 Å². The maximum absolute atomic E-state index is 13.0. The highest BCUT2D eigenvalue weighted by molar-refractivity contribution is 6.31. The van der Waals surface area contributed by atoms with Crippen molar-refractivity contribution < 1.29 is 9.23 Å². The average molecular weight is 363 g/mol. The molecule has 1 aromatic heterocycles. The molecule has 2 aromatic rings. The van der Waals surface area contributed by atoms with Crippen molar-refractivity contribution in [3.05, 3.63) is 58.5 Å². The van der Waals surface area contributed by atoms with Gasteiger partial charge in [-0.25, -0.2) is 9.37 Å². The number of nitrogens with zero attached hydrogens (tertiary/aromatic N) is 3. The highest BCUT2D eigenvalue weighted by Crippen LogP contribution is 2.19. The number of oxime groups is 1. The second-order valence-electron chi connectivity index (χ2n) is 5.94. The zero-order valence-corrected chi connectivity index (χ0v) is 14.5. The van der Waals surface area contributed by atoms with E-state index in [1.54, 1.807) is 12.3 Å². The van der Waals surface area contributed by atoms with Crippen LogP contribution in [0.2, 0.25) is 5.02 Å². The monoisotopic (exact) mass is 362 g/mol. The Hall–Kier alpha value is -2.34. The summed E-state index contributed by atoms with van der Waals surface area (Å²) in [4.78, 5) is 12.0. The molecule has 1 aromatic carbocycles. The Labute approximate surface area is 151 Å². The first-order valence-corrected chi connectivity index (χ1v) is 8.62. The number of hydrogen-bond acceptors (Lipinski definition) is 4. The maximum atomic E-state index is 13.0. The number of benzene rings is 1. The van der Waals surface area contributed by atoms with Crippen LogP contribution in [0, 0.1) is 5.82 Å². The van der Waals surface area contributed by atoms with Gasteiger partial charge in [0.1, 0.15) is 18.2 Å². The Balaban J connectivity index is 1.59. The van der Waals surface area contributed by atoms with Crippen LogP contribution in [-0.2, 0) is 11.4 Å². The molecule has 2 heterocycles. The number of nitrogens with two attached hydrogens (primary N) is 1. The summed E-state index contributed by atoms with van der Waals surface area (Å²) in [6, 6.07) is 7.93. The number of halogens is 2. The van der Waals surface area contributed by atoms with Gasteiger partial charge in [-0.3, -0.25) is 0 Å². The van der Waals surface area contributed by atoms with Gasteiger partial charge in [-0.1, -0.05) is 22.8 Å². The van der Waals surface area contributed by atoms with Crippen LogP contribution < -0.4 is 10.6 Å². The standard InChI is InChI=1S/C18H20ClFN4O/c19-16-10-15(20)6-4-14(16)12-25-23-18(21)13-5-7-17(22-11-13)24-8-2-1-3-9-24/h4-7,10-11H,1-3,8-9,12H2,(H2,21,23). The smallest absolute Gasteiger partial charge is 0.171 e. The summed E-state index contributed by atoms with van der Waals surface area (Å²) < 4.78 is 13.0. The van der Waals surface area contributed by atoms with E-state index in [0.29, 0.717) is 16.1 Å². The lowest BCUT2D eigenvalue weighted by Gasteiger charge is -2.27. The van der Waals surface area contributed by atoms with Crippen LogP contribution >= 0.6 is 11.6 Å². The molecule has 1 aliphatic heterocycles. The average Bonchev–Trinajstić information content (AvgIpc) is 2.64. The first kappa shape index (κ1) is 17.5. The van der Waals surface area contributed by atoms with Crippen molar-refractivity contribution in [2.45, 2.75) is 25.9 Å². The lowest BCUT2D eigenvalue weighted by atomic mass is 10.1. The summed E-state index contributed by atoms with van der Waals surface area (Å²) in [5.74, 6) is 0.794. The number of hydrogen-bond donors (Lipinski definition) is 1. The lowest BCUT2D eigenvalue weighted by molar-refractivity contribution is 0.130. The minimum absolute atomic E-state index is 0.110. The van der Waals surface area contributed by atoms with Crippen molar-refractivity contribution in [1.29, 1.82) is 0 Å². The minimum Gasteiger partial charge on any atom is -0.389 e. The van der Waals surface area contributed by atoms with Gasteiger partial charge in [0.25, 0.3) is 0 Å². The van der Waals surface area contributed by atoms with E-state index in [1.807, 2.05) is 12.1 Å². The zero-order chi connectivity index (χ0) is 17.6. The first-order chi connectivity index (χ1) is 12.1. The number of piperidine rings is 1. The molecule has 132 valence electrons. The number of amidine groups is 1. The Morgan fingerprint density at radius 2 is 2.04 bits per heavy atom. The molecule has 0 saturated carbocycles. The van der Waals surface area contributed by atoms with Crippen LogP contribution in [-0.4, -0.2) is 23.9 Å². The van der Waals surface area contributed by atoms with Crippen molar-refractivity contribution in [3.8, 4) is 0 Å². The van der Waals surface area contributed by atoms with E-state index in [2.05, 4.69) is 15.0 Å². The SMILES string of the molecule is NC(=NOCc1ccc(F)cc1Cl)c1ccc(N2CCCCC2)nc1. The second kappa shape index (κ2) is 8.16. The summed E-state index contributed by atoms with van der Waals surface area (Å²) in [5, 5.41) is 4.18. The van der Waals surface area contributed by atoms with Crippen LogP contribution in [0.15, 0.2) is 41.7 Å². The van der Waals surface area contributed by atoms with Crippen molar-refractivity contribution in [2.75, 3.05) is 18.0 Å². The van der Waals surface area contributed by atoms with Gasteiger partial charge in [-0.15, -0.1) is 0 Å². The van der Waals surface area contributed by atoms with Gasteiger partial charge in [-0.05, 0) is 43.5 Å². The van der Waals surface area contributed by atoms with E-state index in [4.69, 9.17) is 22.2 Å². The molecule has 0 aliphatic carbocycles. The molecule has 0 amide bonds. The van der Waals surface area contributed by atoms with Crippen LogP contribution in [0.1, 0.15) is 30.4 Å². The lowest BCUT2D eigenvalue weighted by Crippen LogP contribution is -2.30. The summed E-state index contributed by atoms with van der Waals surface area (Å²) >= 11 is 5.94. The number of anilines is 1. The van der Waals surface area contributed by atoms with Gasteiger partial charge in [0, 0.05) is 30.4 Å². The van der Waals surface area contributed by atoms with Gasteiger partial charge in [0.15, 0.2) is 5.84 Å². The summed E-state index contributed by atoms with van der Waals surface area (Å²) in [7, 11) is 0. The predicted molar refractivity (Wildman–Crippen MR) is 97.2 cm³/mol. The van der Waals surface area contributed by atoms with Gasteiger partial charge in [0.2, 0.25) is 0 Å². The molecule has 0 spiro atoms. The Kier molecular flexibility index (Phi) is 5.71. The van der Waals surface area contributed by atoms with Crippen LogP contribution in [0.25, 0.3) is 0 Å². The molecular weight excluding hydrogens is 343 g/mol. The van der Waals surface area contributed by atoms with Crippen LogP contribution in [0.4, 0.5) is 10.2 Å².